The second kappa shape index (κ2) is 7.90. The van der Waals surface area contributed by atoms with Gasteiger partial charge in [0.25, 0.3) is 0 Å². The Bertz CT molecular complexity index is 501. The lowest BCUT2D eigenvalue weighted by Gasteiger charge is -2.39. The Hall–Kier alpha value is -1.35. The molecule has 1 rings (SSSR count). The molecule has 9 heteroatoms. The van der Waals surface area contributed by atoms with Crippen LogP contribution in [0.25, 0.3) is 0 Å². The van der Waals surface area contributed by atoms with Gasteiger partial charge in [0.05, 0.1) is 6.04 Å². The number of alkyl halides is 7. The van der Waals surface area contributed by atoms with Crippen LogP contribution < -0.4 is 4.90 Å². The van der Waals surface area contributed by atoms with Gasteiger partial charge in [0.1, 0.15) is 12.6 Å². The molecule has 1 aliphatic rings. The van der Waals surface area contributed by atoms with E-state index in [0.717, 1.165) is 0 Å². The highest BCUT2D eigenvalue weighted by atomic mass is 19.4. The molecule has 0 aromatic rings. The summed E-state index contributed by atoms with van der Waals surface area (Å²) in [5.41, 5.74) is 0. The van der Waals surface area contributed by atoms with Gasteiger partial charge in [-0.2, -0.15) is 30.7 Å². The van der Waals surface area contributed by atoms with Crippen molar-refractivity contribution in [1.29, 1.82) is 0 Å². The summed E-state index contributed by atoms with van der Waals surface area (Å²) >= 11 is 0. The van der Waals surface area contributed by atoms with E-state index in [0.29, 0.717) is 24.2 Å². The lowest BCUT2D eigenvalue weighted by Crippen LogP contribution is -3.20. The van der Waals surface area contributed by atoms with E-state index < -0.39 is 36.7 Å². The van der Waals surface area contributed by atoms with E-state index in [1.165, 1.54) is 12.2 Å². The molecule has 25 heavy (non-hydrogen) atoms. The number of rotatable bonds is 8. The molecule has 0 radical (unpaired) electrons. The Morgan fingerprint density at radius 2 is 1.64 bits per heavy atom. The first kappa shape index (κ1) is 21.7. The van der Waals surface area contributed by atoms with Crippen LogP contribution in [0.3, 0.4) is 0 Å². The first-order chi connectivity index (χ1) is 11.4. The van der Waals surface area contributed by atoms with Crippen LogP contribution in [0, 0.1) is 0 Å². The second-order valence-electron chi connectivity index (χ2n) is 6.01. The zero-order valence-electron chi connectivity index (χ0n) is 13.4. The molecule has 0 amide bonds. The Labute approximate surface area is 141 Å². The van der Waals surface area contributed by atoms with Gasteiger partial charge in [-0.25, -0.2) is 0 Å². The molecule has 2 N–H and O–H groups in total. The maximum Gasteiger partial charge on any atom is 0.459 e. The van der Waals surface area contributed by atoms with Crippen LogP contribution in [0.1, 0.15) is 19.3 Å². The standard InChI is InChI=1S/C16H20F7NO/c1-3-6-11-8-5-9-12(7-4-2)24(11)10-13(25)14(17,18)15(19,20)16(21,22)23/h3-5,8,11-13,25H,1-2,6-7,9-10H2/p+1/t11-,12-,13-/m0/s1. The van der Waals surface area contributed by atoms with Gasteiger partial charge in [0.2, 0.25) is 0 Å². The van der Waals surface area contributed by atoms with Crippen molar-refractivity contribution < 1.29 is 40.7 Å². The Kier molecular flexibility index (Phi) is 6.86. The summed E-state index contributed by atoms with van der Waals surface area (Å²) in [5.74, 6) is -12.0. The van der Waals surface area contributed by atoms with Crippen LogP contribution in [0.15, 0.2) is 37.5 Å². The van der Waals surface area contributed by atoms with Crippen LogP contribution in [0.2, 0.25) is 0 Å². The summed E-state index contributed by atoms with van der Waals surface area (Å²) in [6.45, 7) is 6.08. The molecule has 144 valence electrons. The molecule has 0 bridgehead atoms. The molecule has 1 unspecified atom stereocenters. The minimum absolute atomic E-state index is 0.299. The van der Waals surface area contributed by atoms with Crippen molar-refractivity contribution in [3.05, 3.63) is 37.5 Å². The van der Waals surface area contributed by atoms with Crippen LogP contribution in [-0.4, -0.2) is 47.9 Å². The van der Waals surface area contributed by atoms with Gasteiger partial charge in [-0.1, -0.05) is 18.2 Å². The average Bonchev–Trinajstić information content (AvgIpc) is 2.49. The summed E-state index contributed by atoms with van der Waals surface area (Å²) in [6.07, 6.45) is -2.16. The van der Waals surface area contributed by atoms with Gasteiger partial charge in [-0.3, -0.25) is 0 Å². The quantitative estimate of drug-likeness (QED) is 0.494. The van der Waals surface area contributed by atoms with Gasteiger partial charge in [0, 0.05) is 19.3 Å². The van der Waals surface area contributed by atoms with Crippen molar-refractivity contribution in [2.75, 3.05) is 6.54 Å². The van der Waals surface area contributed by atoms with E-state index in [-0.39, 0.29) is 6.04 Å². The first-order valence-electron chi connectivity index (χ1n) is 7.64. The zero-order chi connectivity index (χ0) is 19.5. The summed E-state index contributed by atoms with van der Waals surface area (Å²) in [7, 11) is 0. The molecule has 0 fully saturated rings. The predicted octanol–water partition coefficient (Wildman–Crippen LogP) is 2.91. The van der Waals surface area contributed by atoms with Crippen molar-refractivity contribution in [2.24, 2.45) is 0 Å². The van der Waals surface area contributed by atoms with E-state index >= 15 is 0 Å². The van der Waals surface area contributed by atoms with Gasteiger partial charge in [-0.15, -0.1) is 13.2 Å². The fourth-order valence-electron chi connectivity index (χ4n) is 2.91. The van der Waals surface area contributed by atoms with E-state index in [4.69, 9.17) is 0 Å². The lowest BCUT2D eigenvalue weighted by molar-refractivity contribution is -0.948. The largest absolute Gasteiger partial charge is 0.459 e. The molecule has 0 saturated carbocycles. The maximum absolute atomic E-state index is 13.7. The third kappa shape index (κ3) is 4.44. The number of hydrogen-bond acceptors (Lipinski definition) is 1. The SMILES string of the molecule is C=CC[C@H]1CC=C[C@H](CC=C)[NH+]1C[C@H](O)C(F)(F)C(F)(F)C(F)(F)F. The van der Waals surface area contributed by atoms with Crippen LogP contribution in [0.4, 0.5) is 30.7 Å². The Balaban J connectivity index is 3.07. The van der Waals surface area contributed by atoms with Crippen LogP contribution in [-0.2, 0) is 0 Å². The topological polar surface area (TPSA) is 24.7 Å². The van der Waals surface area contributed by atoms with E-state index in [9.17, 15) is 35.8 Å². The number of halogens is 7. The van der Waals surface area contributed by atoms with Gasteiger partial charge in [-0.05, 0) is 6.08 Å². The lowest BCUT2D eigenvalue weighted by atomic mass is 9.95. The highest BCUT2D eigenvalue weighted by Crippen LogP contribution is 2.47. The van der Waals surface area contributed by atoms with E-state index in [1.54, 1.807) is 12.2 Å². The predicted molar refractivity (Wildman–Crippen MR) is 78.7 cm³/mol. The van der Waals surface area contributed by atoms with Gasteiger partial charge in [0.15, 0.2) is 6.10 Å². The normalized spacial score (nSPS) is 26.3. The molecule has 1 aliphatic heterocycles. The molecule has 0 aromatic carbocycles. The maximum atomic E-state index is 13.7. The number of nitrogens with one attached hydrogen (secondary N) is 1. The third-order valence-corrected chi connectivity index (χ3v) is 4.28. The molecule has 0 spiro atoms. The monoisotopic (exact) mass is 376 g/mol. The van der Waals surface area contributed by atoms with Gasteiger partial charge < -0.3 is 10.0 Å². The summed E-state index contributed by atoms with van der Waals surface area (Å²) in [6, 6.07) is -0.821. The molecular weight excluding hydrogens is 355 g/mol. The summed E-state index contributed by atoms with van der Waals surface area (Å²) < 4.78 is 90.4. The van der Waals surface area contributed by atoms with Crippen LogP contribution >= 0.6 is 0 Å². The van der Waals surface area contributed by atoms with Crippen molar-refractivity contribution in [3.8, 4) is 0 Å². The zero-order valence-corrected chi connectivity index (χ0v) is 13.4. The minimum atomic E-state index is -6.46. The Morgan fingerprint density at radius 3 is 2.12 bits per heavy atom. The molecule has 1 heterocycles. The van der Waals surface area contributed by atoms with Gasteiger partial charge >= 0.3 is 18.0 Å². The fraction of sp³-hybridized carbons (Fsp3) is 0.625. The van der Waals surface area contributed by atoms with Crippen molar-refractivity contribution in [1.82, 2.24) is 0 Å². The molecule has 0 saturated heterocycles. The Morgan fingerprint density at radius 1 is 1.08 bits per heavy atom. The highest BCUT2D eigenvalue weighted by Gasteiger charge is 2.75. The fourth-order valence-corrected chi connectivity index (χ4v) is 2.91. The van der Waals surface area contributed by atoms with E-state index in [1.807, 2.05) is 0 Å². The number of quaternary nitrogens is 1. The highest BCUT2D eigenvalue weighted by molar-refractivity contribution is 5.00. The molecule has 0 aliphatic carbocycles. The third-order valence-electron chi connectivity index (χ3n) is 4.28. The summed E-state index contributed by atoms with van der Waals surface area (Å²) in [4.78, 5) is 0.299. The molecule has 0 aromatic heterocycles. The van der Waals surface area contributed by atoms with E-state index in [2.05, 4.69) is 13.2 Å². The van der Waals surface area contributed by atoms with Crippen LogP contribution in [0.5, 0.6) is 0 Å². The van der Waals surface area contributed by atoms with Crippen molar-refractivity contribution in [2.45, 2.75) is 55.5 Å². The molecule has 2 nitrogen and oxygen atoms in total. The minimum Gasteiger partial charge on any atom is -0.381 e. The molecule has 4 atom stereocenters. The first-order valence-corrected chi connectivity index (χ1v) is 7.64. The average molecular weight is 376 g/mol. The van der Waals surface area contributed by atoms with Crippen molar-refractivity contribution in [3.63, 3.8) is 0 Å². The number of aliphatic hydroxyl groups is 1. The smallest absolute Gasteiger partial charge is 0.381 e. The number of aliphatic hydroxyl groups excluding tert-OH is 1. The second-order valence-corrected chi connectivity index (χ2v) is 6.01. The van der Waals surface area contributed by atoms with Crippen molar-refractivity contribution >= 4 is 0 Å². The summed E-state index contributed by atoms with van der Waals surface area (Å²) in [5, 5.41) is 9.57. The molecular formula is C16H21F7NO+. The number of hydrogen-bond donors (Lipinski definition) is 2.